The van der Waals surface area contributed by atoms with Crippen molar-refractivity contribution in [2.75, 3.05) is 6.54 Å². The quantitative estimate of drug-likeness (QED) is 0.804. The molecule has 0 aliphatic rings. The van der Waals surface area contributed by atoms with Crippen molar-refractivity contribution < 1.29 is 8.42 Å². The van der Waals surface area contributed by atoms with E-state index in [0.717, 1.165) is 4.68 Å². The molecule has 0 unspecified atom stereocenters. The minimum Gasteiger partial charge on any atom is -0.329 e. The smallest absolute Gasteiger partial charge is 0.291 e. The number of hydrogen-bond donors (Lipinski definition) is 2. The molecule has 10 heteroatoms. The molecule has 2 rings (SSSR count). The van der Waals surface area contributed by atoms with E-state index in [1.54, 1.807) is 13.8 Å². The van der Waals surface area contributed by atoms with Crippen molar-refractivity contribution in [3.05, 3.63) is 50.9 Å². The predicted molar refractivity (Wildman–Crippen MR) is 93.3 cm³/mol. The summed E-state index contributed by atoms with van der Waals surface area (Å²) in [5.74, 6) is 0. The first-order chi connectivity index (χ1) is 11.1. The number of rotatable bonds is 5. The van der Waals surface area contributed by atoms with Gasteiger partial charge >= 0.3 is 0 Å². The van der Waals surface area contributed by atoms with E-state index in [2.05, 4.69) is 9.82 Å². The molecule has 0 aliphatic carbocycles. The molecule has 24 heavy (non-hydrogen) atoms. The number of benzene rings is 1. The van der Waals surface area contributed by atoms with Gasteiger partial charge in [0.25, 0.3) is 5.56 Å². The Hall–Kier alpha value is -1.45. The Morgan fingerprint density at radius 1 is 1.25 bits per heavy atom. The van der Waals surface area contributed by atoms with E-state index in [4.69, 9.17) is 28.9 Å². The third-order valence-corrected chi connectivity index (χ3v) is 5.65. The lowest BCUT2D eigenvalue weighted by Crippen LogP contribution is -2.48. The summed E-state index contributed by atoms with van der Waals surface area (Å²) in [5.41, 5.74) is 4.52. The Morgan fingerprint density at radius 2 is 1.83 bits per heavy atom. The maximum atomic E-state index is 12.3. The largest absolute Gasteiger partial charge is 0.329 e. The summed E-state index contributed by atoms with van der Waals surface area (Å²) in [6.45, 7) is 3.50. The molecule has 0 radical (unpaired) electrons. The molecule has 0 amide bonds. The molecular weight excluding hydrogens is 375 g/mol. The van der Waals surface area contributed by atoms with Gasteiger partial charge in [0.1, 0.15) is 5.02 Å². The van der Waals surface area contributed by atoms with Gasteiger partial charge in [-0.2, -0.15) is 9.78 Å². The average Bonchev–Trinajstić information content (AvgIpc) is 2.52. The molecule has 0 bridgehead atoms. The zero-order chi connectivity index (χ0) is 18.1. The number of nitrogens with two attached hydrogens (primary N) is 1. The highest BCUT2D eigenvalue weighted by Crippen LogP contribution is 2.18. The van der Waals surface area contributed by atoms with Gasteiger partial charge in [-0.3, -0.25) is 4.79 Å². The molecule has 0 aliphatic heterocycles. The summed E-state index contributed by atoms with van der Waals surface area (Å²) >= 11 is 11.5. The van der Waals surface area contributed by atoms with Crippen LogP contribution in [0.3, 0.4) is 0 Å². The van der Waals surface area contributed by atoms with Crippen molar-refractivity contribution in [1.82, 2.24) is 14.5 Å². The van der Waals surface area contributed by atoms with Gasteiger partial charge in [-0.1, -0.05) is 23.2 Å². The SMILES string of the molecule is CC(C)(CN)NS(=O)(=O)c1ccc(-n2ncc(Cl)c(Cl)c2=O)cc1. The zero-order valence-corrected chi connectivity index (χ0v) is 15.3. The highest BCUT2D eigenvalue weighted by atomic mass is 35.5. The van der Waals surface area contributed by atoms with Gasteiger partial charge in [0, 0.05) is 12.1 Å². The monoisotopic (exact) mass is 390 g/mol. The minimum atomic E-state index is -3.74. The van der Waals surface area contributed by atoms with E-state index >= 15 is 0 Å². The molecule has 1 aromatic carbocycles. The normalized spacial score (nSPS) is 12.4. The summed E-state index contributed by atoms with van der Waals surface area (Å²) in [6, 6.07) is 5.62. The number of aromatic nitrogens is 2. The van der Waals surface area contributed by atoms with Crippen LogP contribution in [-0.4, -0.2) is 30.3 Å². The fourth-order valence-corrected chi connectivity index (χ4v) is 3.50. The topological polar surface area (TPSA) is 107 Å². The molecule has 2 aromatic rings. The molecule has 130 valence electrons. The number of nitrogens with one attached hydrogen (secondary N) is 1. The molecule has 0 atom stereocenters. The molecule has 0 spiro atoms. The second kappa shape index (κ2) is 6.81. The van der Waals surface area contributed by atoms with Gasteiger partial charge in [0.05, 0.1) is 21.8 Å². The maximum absolute atomic E-state index is 12.3. The highest BCUT2D eigenvalue weighted by Gasteiger charge is 2.24. The Kier molecular flexibility index (Phi) is 5.36. The summed E-state index contributed by atoms with van der Waals surface area (Å²) in [4.78, 5) is 12.1. The van der Waals surface area contributed by atoms with Crippen LogP contribution in [0.1, 0.15) is 13.8 Å². The molecule has 0 fully saturated rings. The van der Waals surface area contributed by atoms with Crippen LogP contribution < -0.4 is 16.0 Å². The molecule has 3 N–H and O–H groups in total. The van der Waals surface area contributed by atoms with E-state index in [0.29, 0.717) is 5.69 Å². The average molecular weight is 391 g/mol. The summed E-state index contributed by atoms with van der Waals surface area (Å²) in [5, 5.41) is 3.77. The van der Waals surface area contributed by atoms with E-state index in [-0.39, 0.29) is 21.5 Å². The summed E-state index contributed by atoms with van der Waals surface area (Å²) in [7, 11) is -3.74. The lowest BCUT2D eigenvalue weighted by molar-refractivity contribution is 0.462. The summed E-state index contributed by atoms with van der Waals surface area (Å²) in [6.07, 6.45) is 1.24. The van der Waals surface area contributed by atoms with Crippen LogP contribution in [0.5, 0.6) is 0 Å². The van der Waals surface area contributed by atoms with Gasteiger partial charge in [0.2, 0.25) is 10.0 Å². The highest BCUT2D eigenvalue weighted by molar-refractivity contribution is 7.89. The van der Waals surface area contributed by atoms with Crippen LogP contribution in [0.15, 0.2) is 40.2 Å². The van der Waals surface area contributed by atoms with Crippen LogP contribution in [0.4, 0.5) is 0 Å². The number of nitrogens with zero attached hydrogens (tertiary/aromatic N) is 2. The second-order valence-corrected chi connectivity index (χ2v) is 8.18. The van der Waals surface area contributed by atoms with Crippen molar-refractivity contribution in [2.24, 2.45) is 5.73 Å². The fraction of sp³-hybridized carbons (Fsp3) is 0.286. The van der Waals surface area contributed by atoms with Crippen LogP contribution >= 0.6 is 23.2 Å². The number of hydrogen-bond acceptors (Lipinski definition) is 5. The lowest BCUT2D eigenvalue weighted by Gasteiger charge is -2.23. The zero-order valence-electron chi connectivity index (χ0n) is 13.0. The first kappa shape index (κ1) is 18.9. The third kappa shape index (κ3) is 3.96. The van der Waals surface area contributed by atoms with Gasteiger partial charge in [0.15, 0.2) is 0 Å². The van der Waals surface area contributed by atoms with Crippen LogP contribution in [0, 0.1) is 0 Å². The van der Waals surface area contributed by atoms with E-state index in [1.807, 2.05) is 0 Å². The van der Waals surface area contributed by atoms with Crippen molar-refractivity contribution >= 4 is 33.2 Å². The van der Waals surface area contributed by atoms with Crippen molar-refractivity contribution in [1.29, 1.82) is 0 Å². The van der Waals surface area contributed by atoms with Gasteiger partial charge in [-0.15, -0.1) is 0 Å². The lowest BCUT2D eigenvalue weighted by atomic mass is 10.1. The Bertz CT molecular complexity index is 909. The van der Waals surface area contributed by atoms with Crippen LogP contribution in [0.25, 0.3) is 5.69 Å². The molecule has 1 heterocycles. The molecule has 7 nitrogen and oxygen atoms in total. The van der Waals surface area contributed by atoms with Gasteiger partial charge < -0.3 is 5.73 Å². The minimum absolute atomic E-state index is 0.0425. The Morgan fingerprint density at radius 3 is 2.38 bits per heavy atom. The van der Waals surface area contributed by atoms with E-state index < -0.39 is 21.1 Å². The predicted octanol–water partition coefficient (Wildman–Crippen LogP) is 1.55. The van der Waals surface area contributed by atoms with Crippen molar-refractivity contribution in [2.45, 2.75) is 24.3 Å². The number of halogens is 2. The number of sulfonamides is 1. The maximum Gasteiger partial charge on any atom is 0.291 e. The van der Waals surface area contributed by atoms with E-state index in [1.165, 1.54) is 30.5 Å². The first-order valence-electron chi connectivity index (χ1n) is 6.85. The standard InChI is InChI=1S/C14H16Cl2N4O3S/c1-14(2,8-17)19-24(22,23)10-5-3-9(4-6-10)20-13(21)12(16)11(15)7-18-20/h3-7,19H,8,17H2,1-2H3. The van der Waals surface area contributed by atoms with Gasteiger partial charge in [-0.25, -0.2) is 13.1 Å². The molecular formula is C14H16Cl2N4O3S. The summed E-state index contributed by atoms with van der Waals surface area (Å²) < 4.78 is 28.2. The van der Waals surface area contributed by atoms with Crippen molar-refractivity contribution in [3.8, 4) is 5.69 Å². The molecule has 1 aromatic heterocycles. The van der Waals surface area contributed by atoms with Crippen LogP contribution in [-0.2, 0) is 10.0 Å². The first-order valence-corrected chi connectivity index (χ1v) is 9.09. The van der Waals surface area contributed by atoms with Gasteiger partial charge in [-0.05, 0) is 38.1 Å². The van der Waals surface area contributed by atoms with E-state index in [9.17, 15) is 13.2 Å². The second-order valence-electron chi connectivity index (χ2n) is 5.71. The fourth-order valence-electron chi connectivity index (χ4n) is 1.83. The third-order valence-electron chi connectivity index (χ3n) is 3.19. The van der Waals surface area contributed by atoms with Crippen LogP contribution in [0.2, 0.25) is 10.0 Å². The Balaban J connectivity index is 2.39. The molecule has 0 saturated carbocycles. The van der Waals surface area contributed by atoms with Crippen molar-refractivity contribution in [3.63, 3.8) is 0 Å². The Labute approximate surface area is 149 Å². The molecule has 0 saturated heterocycles.